The first-order valence-electron chi connectivity index (χ1n) is 6.36. The maximum atomic E-state index is 11.9. The molecule has 1 aliphatic carbocycles. The SMILES string of the molecule is C#CCS(=O)(=O)C(CC)C(=O)OC1CCCCC1. The third kappa shape index (κ3) is 4.02. The third-order valence-corrected chi connectivity index (χ3v) is 5.15. The van der Waals surface area contributed by atoms with E-state index in [0.29, 0.717) is 0 Å². The molecule has 1 atom stereocenters. The quantitative estimate of drug-likeness (QED) is 0.564. The van der Waals surface area contributed by atoms with Crippen molar-refractivity contribution in [3.8, 4) is 12.3 Å². The summed E-state index contributed by atoms with van der Waals surface area (Å²) in [7, 11) is -3.58. The Balaban J connectivity index is 2.65. The zero-order valence-electron chi connectivity index (χ0n) is 10.7. The molecule has 1 saturated carbocycles. The second kappa shape index (κ2) is 6.79. The van der Waals surface area contributed by atoms with Crippen LogP contribution in [0, 0.1) is 12.3 Å². The topological polar surface area (TPSA) is 60.4 Å². The molecule has 0 aliphatic heterocycles. The van der Waals surface area contributed by atoms with Gasteiger partial charge in [0.25, 0.3) is 0 Å². The molecule has 5 heteroatoms. The monoisotopic (exact) mass is 272 g/mol. The van der Waals surface area contributed by atoms with Gasteiger partial charge < -0.3 is 4.74 Å². The Labute approximate surface area is 109 Å². The van der Waals surface area contributed by atoms with Crippen LogP contribution >= 0.6 is 0 Å². The fourth-order valence-corrected chi connectivity index (χ4v) is 3.50. The molecule has 4 nitrogen and oxygen atoms in total. The summed E-state index contributed by atoms with van der Waals surface area (Å²) in [4.78, 5) is 11.9. The van der Waals surface area contributed by atoms with Gasteiger partial charge in [0.05, 0.1) is 0 Å². The first-order valence-corrected chi connectivity index (χ1v) is 8.08. The summed E-state index contributed by atoms with van der Waals surface area (Å²) in [5, 5.41) is -1.12. The minimum Gasteiger partial charge on any atom is -0.461 e. The normalized spacial score (nSPS) is 18.9. The van der Waals surface area contributed by atoms with E-state index in [-0.39, 0.29) is 12.5 Å². The maximum Gasteiger partial charge on any atom is 0.324 e. The highest BCUT2D eigenvalue weighted by molar-refractivity contribution is 7.92. The number of carbonyl (C=O) groups excluding carboxylic acids is 1. The largest absolute Gasteiger partial charge is 0.461 e. The first kappa shape index (κ1) is 15.0. The molecule has 18 heavy (non-hydrogen) atoms. The number of hydrogen-bond donors (Lipinski definition) is 0. The highest BCUT2D eigenvalue weighted by Crippen LogP contribution is 2.22. The summed E-state index contributed by atoms with van der Waals surface area (Å²) >= 11 is 0. The van der Waals surface area contributed by atoms with E-state index in [2.05, 4.69) is 5.92 Å². The Hall–Kier alpha value is -1.02. The minimum atomic E-state index is -3.58. The van der Waals surface area contributed by atoms with Gasteiger partial charge in [-0.2, -0.15) is 0 Å². The van der Waals surface area contributed by atoms with Crippen LogP contribution in [0.2, 0.25) is 0 Å². The summed E-state index contributed by atoms with van der Waals surface area (Å²) in [6, 6.07) is 0. The van der Waals surface area contributed by atoms with Gasteiger partial charge in [0.2, 0.25) is 0 Å². The van der Waals surface area contributed by atoms with Gasteiger partial charge in [0.1, 0.15) is 11.9 Å². The molecule has 0 aromatic rings. The Bertz CT molecular complexity index is 413. The first-order chi connectivity index (χ1) is 8.51. The molecule has 102 valence electrons. The molecule has 1 unspecified atom stereocenters. The molecule has 0 aromatic heterocycles. The number of terminal acetylenes is 1. The summed E-state index contributed by atoms with van der Waals surface area (Å²) in [5.41, 5.74) is 0. The van der Waals surface area contributed by atoms with Crippen LogP contribution in [0.1, 0.15) is 45.4 Å². The van der Waals surface area contributed by atoms with Gasteiger partial charge in [0, 0.05) is 0 Å². The van der Waals surface area contributed by atoms with Gasteiger partial charge in [0.15, 0.2) is 15.1 Å². The zero-order chi connectivity index (χ0) is 13.6. The molecule has 0 radical (unpaired) electrons. The summed E-state index contributed by atoms with van der Waals surface area (Å²) in [6.07, 6.45) is 9.97. The lowest BCUT2D eigenvalue weighted by molar-refractivity contribution is -0.150. The number of ether oxygens (including phenoxy) is 1. The Kier molecular flexibility index (Phi) is 5.67. The molecular formula is C13H20O4S. The summed E-state index contributed by atoms with van der Waals surface area (Å²) in [6.45, 7) is 1.65. The molecule has 1 rings (SSSR count). The van der Waals surface area contributed by atoms with Crippen LogP contribution in [0.4, 0.5) is 0 Å². The van der Waals surface area contributed by atoms with Crippen molar-refractivity contribution in [1.29, 1.82) is 0 Å². The van der Waals surface area contributed by atoms with Crippen molar-refractivity contribution in [2.45, 2.75) is 56.8 Å². The fourth-order valence-electron chi connectivity index (χ4n) is 2.21. The Morgan fingerprint density at radius 1 is 1.39 bits per heavy atom. The van der Waals surface area contributed by atoms with Gasteiger partial charge >= 0.3 is 5.97 Å². The second-order valence-corrected chi connectivity index (χ2v) is 6.79. The van der Waals surface area contributed by atoms with E-state index < -0.39 is 26.8 Å². The van der Waals surface area contributed by atoms with E-state index in [0.717, 1.165) is 32.1 Å². The van der Waals surface area contributed by atoms with Crippen LogP contribution in [0.5, 0.6) is 0 Å². The van der Waals surface area contributed by atoms with Crippen LogP contribution in [0.25, 0.3) is 0 Å². The fraction of sp³-hybridized carbons (Fsp3) is 0.769. The van der Waals surface area contributed by atoms with Gasteiger partial charge in [-0.25, -0.2) is 8.42 Å². The van der Waals surface area contributed by atoms with Crippen LogP contribution < -0.4 is 0 Å². The van der Waals surface area contributed by atoms with E-state index >= 15 is 0 Å². The molecule has 0 heterocycles. The molecule has 0 N–H and O–H groups in total. The van der Waals surface area contributed by atoms with E-state index in [4.69, 9.17) is 11.2 Å². The summed E-state index contributed by atoms with van der Waals surface area (Å²) < 4.78 is 28.9. The van der Waals surface area contributed by atoms with Crippen molar-refractivity contribution in [2.24, 2.45) is 0 Å². The number of hydrogen-bond acceptors (Lipinski definition) is 4. The smallest absolute Gasteiger partial charge is 0.324 e. The highest BCUT2D eigenvalue weighted by atomic mass is 32.2. The molecule has 0 spiro atoms. The van der Waals surface area contributed by atoms with Crippen molar-refractivity contribution >= 4 is 15.8 Å². The standard InChI is InChI=1S/C13H20O4S/c1-3-10-18(15,16)12(4-2)13(14)17-11-8-6-5-7-9-11/h1,11-12H,4-10H2,2H3. The Morgan fingerprint density at radius 2 is 2.00 bits per heavy atom. The number of carbonyl (C=O) groups is 1. The lowest BCUT2D eigenvalue weighted by Gasteiger charge is -2.24. The average Bonchev–Trinajstić information content (AvgIpc) is 2.30. The van der Waals surface area contributed by atoms with Crippen molar-refractivity contribution in [2.75, 3.05) is 5.75 Å². The Morgan fingerprint density at radius 3 is 2.50 bits per heavy atom. The predicted molar refractivity (Wildman–Crippen MR) is 69.7 cm³/mol. The average molecular weight is 272 g/mol. The minimum absolute atomic E-state index is 0.124. The van der Waals surface area contributed by atoms with Crippen molar-refractivity contribution < 1.29 is 17.9 Å². The molecule has 1 fully saturated rings. The van der Waals surface area contributed by atoms with E-state index in [1.807, 2.05) is 0 Å². The van der Waals surface area contributed by atoms with Crippen LogP contribution in [0.3, 0.4) is 0 Å². The van der Waals surface area contributed by atoms with Crippen LogP contribution in [-0.4, -0.2) is 31.5 Å². The third-order valence-electron chi connectivity index (χ3n) is 3.19. The lowest BCUT2D eigenvalue weighted by Crippen LogP contribution is -2.35. The molecule has 1 aliphatic rings. The van der Waals surface area contributed by atoms with E-state index in [1.165, 1.54) is 0 Å². The lowest BCUT2D eigenvalue weighted by atomic mass is 9.98. The molecule has 0 aromatic carbocycles. The summed E-state index contributed by atoms with van der Waals surface area (Å²) in [5.74, 6) is 1.03. The molecule has 0 saturated heterocycles. The number of rotatable bonds is 5. The predicted octanol–water partition coefficient (Wildman–Crippen LogP) is 1.69. The van der Waals surface area contributed by atoms with Crippen molar-refractivity contribution in [3.63, 3.8) is 0 Å². The molecule has 0 amide bonds. The second-order valence-electron chi connectivity index (χ2n) is 4.61. The van der Waals surface area contributed by atoms with E-state index in [1.54, 1.807) is 6.92 Å². The van der Waals surface area contributed by atoms with Crippen molar-refractivity contribution in [3.05, 3.63) is 0 Å². The van der Waals surface area contributed by atoms with Gasteiger partial charge in [-0.1, -0.05) is 19.3 Å². The highest BCUT2D eigenvalue weighted by Gasteiger charge is 2.33. The number of esters is 1. The maximum absolute atomic E-state index is 11.9. The zero-order valence-corrected chi connectivity index (χ0v) is 11.5. The van der Waals surface area contributed by atoms with Gasteiger partial charge in [-0.05, 0) is 32.1 Å². The van der Waals surface area contributed by atoms with Crippen LogP contribution in [-0.2, 0) is 19.4 Å². The van der Waals surface area contributed by atoms with Crippen molar-refractivity contribution in [1.82, 2.24) is 0 Å². The van der Waals surface area contributed by atoms with Gasteiger partial charge in [-0.3, -0.25) is 4.79 Å². The molecular weight excluding hydrogens is 252 g/mol. The van der Waals surface area contributed by atoms with Crippen LogP contribution in [0.15, 0.2) is 0 Å². The van der Waals surface area contributed by atoms with Gasteiger partial charge in [-0.15, -0.1) is 6.42 Å². The van der Waals surface area contributed by atoms with E-state index in [9.17, 15) is 13.2 Å². The number of sulfone groups is 1. The molecule has 0 bridgehead atoms.